The van der Waals surface area contributed by atoms with Crippen LogP contribution in [-0.4, -0.2) is 17.5 Å². The molecule has 1 saturated carbocycles. The molecule has 1 aliphatic carbocycles. The Hall–Kier alpha value is -0.370. The van der Waals surface area contributed by atoms with Gasteiger partial charge >= 0.3 is 0 Å². The van der Waals surface area contributed by atoms with Crippen molar-refractivity contribution in [3.8, 4) is 0 Å². The molecule has 1 N–H and O–H groups in total. The maximum Gasteiger partial charge on any atom is 0.138 e. The van der Waals surface area contributed by atoms with E-state index in [0.29, 0.717) is 12.3 Å². The molecule has 0 aromatic rings. The minimum Gasteiger partial charge on any atom is -0.396 e. The number of hydrogen-bond acceptors (Lipinski definition) is 2. The Labute approximate surface area is 67.6 Å². The van der Waals surface area contributed by atoms with Crippen molar-refractivity contribution in [2.45, 2.75) is 32.6 Å². The van der Waals surface area contributed by atoms with E-state index >= 15 is 0 Å². The minimum atomic E-state index is -0.0625. The molecule has 1 aliphatic rings. The summed E-state index contributed by atoms with van der Waals surface area (Å²) in [6.07, 6.45) is 3.71. The quantitative estimate of drug-likeness (QED) is 0.582. The number of ketones is 1. The zero-order valence-corrected chi connectivity index (χ0v) is 7.05. The fraction of sp³-hybridized carbons (Fsp3) is 0.889. The van der Waals surface area contributed by atoms with Crippen LogP contribution in [0.25, 0.3) is 0 Å². The van der Waals surface area contributed by atoms with Crippen LogP contribution in [0.1, 0.15) is 32.6 Å². The van der Waals surface area contributed by atoms with Crippen LogP contribution >= 0.6 is 0 Å². The molecule has 0 heterocycles. The highest BCUT2D eigenvalue weighted by molar-refractivity contribution is 5.81. The standard InChI is InChI=1S/C9H16O2/c1-7-3-2-4-9(11)8(5-7)6-10/h7-8,10H,2-6H2,1H3. The second-order valence-electron chi connectivity index (χ2n) is 3.58. The van der Waals surface area contributed by atoms with Crippen LogP contribution in [0.5, 0.6) is 0 Å². The Bertz CT molecular complexity index is 142. The number of rotatable bonds is 1. The molecule has 0 radical (unpaired) electrons. The fourth-order valence-corrected chi connectivity index (χ4v) is 1.74. The summed E-state index contributed by atoms with van der Waals surface area (Å²) in [5.41, 5.74) is 0. The van der Waals surface area contributed by atoms with Gasteiger partial charge in [-0.1, -0.05) is 13.3 Å². The monoisotopic (exact) mass is 156 g/mol. The second-order valence-corrected chi connectivity index (χ2v) is 3.58. The Balaban J connectivity index is 2.52. The van der Waals surface area contributed by atoms with E-state index in [1.807, 2.05) is 0 Å². The van der Waals surface area contributed by atoms with E-state index in [1.54, 1.807) is 0 Å². The molecular weight excluding hydrogens is 140 g/mol. The molecule has 64 valence electrons. The Morgan fingerprint density at radius 3 is 3.00 bits per heavy atom. The average molecular weight is 156 g/mol. The third kappa shape index (κ3) is 2.29. The van der Waals surface area contributed by atoms with Crippen molar-refractivity contribution in [1.29, 1.82) is 0 Å². The Morgan fingerprint density at radius 2 is 2.36 bits per heavy atom. The largest absolute Gasteiger partial charge is 0.396 e. The van der Waals surface area contributed by atoms with Gasteiger partial charge in [-0.05, 0) is 18.8 Å². The summed E-state index contributed by atoms with van der Waals surface area (Å²) in [5, 5.41) is 8.88. The van der Waals surface area contributed by atoms with Crippen LogP contribution in [-0.2, 0) is 4.79 Å². The summed E-state index contributed by atoms with van der Waals surface area (Å²) >= 11 is 0. The highest BCUT2D eigenvalue weighted by atomic mass is 16.3. The molecule has 2 unspecified atom stereocenters. The van der Waals surface area contributed by atoms with Crippen molar-refractivity contribution in [2.24, 2.45) is 11.8 Å². The van der Waals surface area contributed by atoms with Gasteiger partial charge in [-0.25, -0.2) is 0 Å². The van der Waals surface area contributed by atoms with Gasteiger partial charge in [0, 0.05) is 12.3 Å². The van der Waals surface area contributed by atoms with Crippen molar-refractivity contribution < 1.29 is 9.90 Å². The molecule has 0 amide bonds. The van der Waals surface area contributed by atoms with Crippen LogP contribution in [0.15, 0.2) is 0 Å². The highest BCUT2D eigenvalue weighted by Crippen LogP contribution is 2.24. The van der Waals surface area contributed by atoms with Gasteiger partial charge in [-0.15, -0.1) is 0 Å². The van der Waals surface area contributed by atoms with E-state index in [2.05, 4.69) is 6.92 Å². The van der Waals surface area contributed by atoms with Crippen LogP contribution in [0.2, 0.25) is 0 Å². The molecule has 2 nitrogen and oxygen atoms in total. The number of hydrogen-bond donors (Lipinski definition) is 1. The first kappa shape index (κ1) is 8.72. The summed E-state index contributed by atoms with van der Waals surface area (Å²) in [6.45, 7) is 2.20. The van der Waals surface area contributed by atoms with Gasteiger partial charge in [0.1, 0.15) is 5.78 Å². The van der Waals surface area contributed by atoms with E-state index in [-0.39, 0.29) is 18.3 Å². The van der Waals surface area contributed by atoms with Gasteiger partial charge in [0.25, 0.3) is 0 Å². The first-order valence-electron chi connectivity index (χ1n) is 4.37. The van der Waals surface area contributed by atoms with E-state index in [4.69, 9.17) is 5.11 Å². The molecule has 2 atom stereocenters. The number of carbonyl (C=O) groups is 1. The molecule has 0 saturated heterocycles. The molecule has 0 aliphatic heterocycles. The molecule has 0 spiro atoms. The lowest BCUT2D eigenvalue weighted by Gasteiger charge is -2.11. The fourth-order valence-electron chi connectivity index (χ4n) is 1.74. The van der Waals surface area contributed by atoms with Crippen molar-refractivity contribution in [1.82, 2.24) is 0 Å². The van der Waals surface area contributed by atoms with Gasteiger partial charge in [0.2, 0.25) is 0 Å². The molecule has 0 bridgehead atoms. The number of aliphatic hydroxyl groups is 1. The molecule has 1 fully saturated rings. The first-order valence-corrected chi connectivity index (χ1v) is 4.37. The van der Waals surface area contributed by atoms with Crippen LogP contribution in [0, 0.1) is 11.8 Å². The highest BCUT2D eigenvalue weighted by Gasteiger charge is 2.23. The third-order valence-corrected chi connectivity index (χ3v) is 2.48. The van der Waals surface area contributed by atoms with Gasteiger partial charge in [0.05, 0.1) is 6.61 Å². The maximum absolute atomic E-state index is 11.2. The summed E-state index contributed by atoms with van der Waals surface area (Å²) < 4.78 is 0. The maximum atomic E-state index is 11.2. The zero-order valence-electron chi connectivity index (χ0n) is 7.05. The lowest BCUT2D eigenvalue weighted by atomic mass is 9.95. The molecule has 1 rings (SSSR count). The summed E-state index contributed by atoms with van der Waals surface area (Å²) in [5.74, 6) is 0.808. The summed E-state index contributed by atoms with van der Waals surface area (Å²) in [7, 11) is 0. The topological polar surface area (TPSA) is 37.3 Å². The first-order chi connectivity index (χ1) is 5.24. The summed E-state index contributed by atoms with van der Waals surface area (Å²) in [4.78, 5) is 11.2. The van der Waals surface area contributed by atoms with Crippen LogP contribution < -0.4 is 0 Å². The van der Waals surface area contributed by atoms with E-state index in [0.717, 1.165) is 19.3 Å². The van der Waals surface area contributed by atoms with Gasteiger partial charge in [0.15, 0.2) is 0 Å². The van der Waals surface area contributed by atoms with Crippen molar-refractivity contribution in [3.63, 3.8) is 0 Å². The van der Waals surface area contributed by atoms with Gasteiger partial charge < -0.3 is 5.11 Å². The molecule has 0 aromatic heterocycles. The number of carbonyl (C=O) groups excluding carboxylic acids is 1. The minimum absolute atomic E-state index is 0.0448. The van der Waals surface area contributed by atoms with Crippen LogP contribution in [0.4, 0.5) is 0 Å². The Kier molecular flexibility index (Phi) is 3.06. The number of aliphatic hydroxyl groups excluding tert-OH is 1. The van der Waals surface area contributed by atoms with Crippen molar-refractivity contribution in [3.05, 3.63) is 0 Å². The Morgan fingerprint density at radius 1 is 1.64 bits per heavy atom. The number of Topliss-reactive ketones (excluding diaryl/α,β-unsaturated/α-hetero) is 1. The van der Waals surface area contributed by atoms with E-state index in [1.165, 1.54) is 0 Å². The van der Waals surface area contributed by atoms with Crippen LogP contribution in [0.3, 0.4) is 0 Å². The predicted molar refractivity (Wildman–Crippen MR) is 43.2 cm³/mol. The van der Waals surface area contributed by atoms with Gasteiger partial charge in [-0.3, -0.25) is 4.79 Å². The average Bonchev–Trinajstić information content (AvgIpc) is 2.13. The SMILES string of the molecule is CC1CCCC(=O)C(CO)C1. The lowest BCUT2D eigenvalue weighted by molar-refractivity contribution is -0.124. The molecule has 2 heteroatoms. The molecular formula is C9H16O2. The van der Waals surface area contributed by atoms with Crippen molar-refractivity contribution >= 4 is 5.78 Å². The molecule has 0 aromatic carbocycles. The third-order valence-electron chi connectivity index (χ3n) is 2.48. The van der Waals surface area contributed by atoms with Crippen molar-refractivity contribution in [2.75, 3.05) is 6.61 Å². The van der Waals surface area contributed by atoms with E-state index < -0.39 is 0 Å². The lowest BCUT2D eigenvalue weighted by Crippen LogP contribution is -2.17. The second kappa shape index (κ2) is 3.86. The normalized spacial score (nSPS) is 33.5. The van der Waals surface area contributed by atoms with Gasteiger partial charge in [-0.2, -0.15) is 0 Å². The summed E-state index contributed by atoms with van der Waals surface area (Å²) in [6, 6.07) is 0. The smallest absolute Gasteiger partial charge is 0.138 e. The zero-order chi connectivity index (χ0) is 8.27. The van der Waals surface area contributed by atoms with E-state index in [9.17, 15) is 4.79 Å². The predicted octanol–water partition coefficient (Wildman–Crippen LogP) is 1.37. The molecule has 11 heavy (non-hydrogen) atoms.